The maximum atomic E-state index is 13.2. The second-order valence-electron chi connectivity index (χ2n) is 3.99. The summed E-state index contributed by atoms with van der Waals surface area (Å²) in [5.41, 5.74) is 6.49. The van der Waals surface area contributed by atoms with Crippen LogP contribution in [0, 0.1) is 12.7 Å². The highest BCUT2D eigenvalue weighted by molar-refractivity contribution is 5.96. The van der Waals surface area contributed by atoms with E-state index in [0.717, 1.165) is 6.42 Å². The first kappa shape index (κ1) is 13.2. The molecule has 0 aliphatic heterocycles. The number of rotatable bonds is 4. The number of amides is 1. The summed E-state index contributed by atoms with van der Waals surface area (Å²) in [4.78, 5) is 13.6. The van der Waals surface area contributed by atoms with E-state index in [1.165, 1.54) is 12.1 Å². The molecule has 3 nitrogen and oxygen atoms in total. The van der Waals surface area contributed by atoms with Crippen LogP contribution in [-0.2, 0) is 0 Å². The second-order valence-corrected chi connectivity index (χ2v) is 3.99. The number of halogens is 1. The highest BCUT2D eigenvalue weighted by Crippen LogP contribution is 2.18. The Morgan fingerprint density at radius 3 is 2.82 bits per heavy atom. The van der Waals surface area contributed by atoms with Crippen LogP contribution in [0.25, 0.3) is 0 Å². The Kier molecular flexibility index (Phi) is 4.26. The number of nitrogens with zero attached hydrogens (tertiary/aromatic N) is 1. The Morgan fingerprint density at radius 1 is 1.59 bits per heavy atom. The molecule has 1 amide bonds. The predicted octanol–water partition coefficient (Wildman–Crippen LogP) is 2.36. The molecule has 0 heterocycles. The van der Waals surface area contributed by atoms with E-state index in [1.807, 2.05) is 0 Å². The van der Waals surface area contributed by atoms with Crippen LogP contribution in [0.2, 0.25) is 0 Å². The highest BCUT2D eigenvalue weighted by Gasteiger charge is 2.15. The summed E-state index contributed by atoms with van der Waals surface area (Å²) in [5.74, 6) is -0.649. The van der Waals surface area contributed by atoms with Crippen molar-refractivity contribution >= 4 is 11.6 Å². The van der Waals surface area contributed by atoms with Gasteiger partial charge < -0.3 is 10.6 Å². The number of benzene rings is 1. The van der Waals surface area contributed by atoms with Gasteiger partial charge in [-0.1, -0.05) is 6.08 Å². The van der Waals surface area contributed by atoms with Crippen molar-refractivity contribution in [3.05, 3.63) is 41.7 Å². The predicted molar refractivity (Wildman–Crippen MR) is 67.3 cm³/mol. The molecule has 92 valence electrons. The van der Waals surface area contributed by atoms with E-state index in [-0.39, 0.29) is 11.6 Å². The van der Waals surface area contributed by atoms with Gasteiger partial charge in [-0.15, -0.1) is 6.58 Å². The highest BCUT2D eigenvalue weighted by atomic mass is 19.1. The van der Waals surface area contributed by atoms with Crippen LogP contribution in [-0.4, -0.2) is 24.4 Å². The molecule has 0 unspecified atom stereocenters. The van der Waals surface area contributed by atoms with Gasteiger partial charge in [0.15, 0.2) is 0 Å². The molecule has 0 spiro atoms. The quantitative estimate of drug-likeness (QED) is 0.644. The lowest BCUT2D eigenvalue weighted by atomic mass is 10.1. The summed E-state index contributed by atoms with van der Waals surface area (Å²) < 4.78 is 13.2. The van der Waals surface area contributed by atoms with Crippen molar-refractivity contribution in [2.45, 2.75) is 13.3 Å². The molecule has 1 aromatic carbocycles. The molecular weight excluding hydrogens is 219 g/mol. The van der Waals surface area contributed by atoms with E-state index >= 15 is 0 Å². The number of aryl methyl sites for hydroxylation is 1. The first-order chi connectivity index (χ1) is 7.97. The zero-order valence-electron chi connectivity index (χ0n) is 10.2. The van der Waals surface area contributed by atoms with Gasteiger partial charge in [-0.2, -0.15) is 0 Å². The Hall–Kier alpha value is -1.84. The number of nitrogen functional groups attached to an aromatic ring is 1. The fourth-order valence-corrected chi connectivity index (χ4v) is 1.51. The maximum Gasteiger partial charge on any atom is 0.253 e. The lowest BCUT2D eigenvalue weighted by Gasteiger charge is -2.18. The summed E-state index contributed by atoms with van der Waals surface area (Å²) >= 11 is 0. The average Bonchev–Trinajstić information content (AvgIpc) is 2.29. The zero-order valence-corrected chi connectivity index (χ0v) is 10.2. The van der Waals surface area contributed by atoms with Crippen molar-refractivity contribution in [2.75, 3.05) is 19.3 Å². The summed E-state index contributed by atoms with van der Waals surface area (Å²) in [6, 6.07) is 2.67. The van der Waals surface area contributed by atoms with Gasteiger partial charge >= 0.3 is 0 Å². The fraction of sp³-hybridized carbons (Fsp3) is 0.308. The van der Waals surface area contributed by atoms with Crippen molar-refractivity contribution in [3.63, 3.8) is 0 Å². The molecule has 0 aliphatic rings. The zero-order chi connectivity index (χ0) is 13.0. The smallest absolute Gasteiger partial charge is 0.253 e. The van der Waals surface area contributed by atoms with Crippen LogP contribution < -0.4 is 5.73 Å². The molecule has 0 fully saturated rings. The topological polar surface area (TPSA) is 46.3 Å². The number of anilines is 1. The van der Waals surface area contributed by atoms with E-state index in [0.29, 0.717) is 17.7 Å². The SMILES string of the molecule is C=CCCN(C)C(=O)c1cc(N)c(F)cc1C. The van der Waals surface area contributed by atoms with E-state index in [1.54, 1.807) is 24.9 Å². The van der Waals surface area contributed by atoms with Gasteiger partial charge in [0.1, 0.15) is 5.82 Å². The van der Waals surface area contributed by atoms with Gasteiger partial charge in [0.05, 0.1) is 5.69 Å². The lowest BCUT2D eigenvalue weighted by Crippen LogP contribution is -2.28. The number of hydrogen-bond donors (Lipinski definition) is 1. The second kappa shape index (κ2) is 5.48. The first-order valence-corrected chi connectivity index (χ1v) is 5.39. The number of carbonyl (C=O) groups is 1. The minimum absolute atomic E-state index is 0.00364. The van der Waals surface area contributed by atoms with Gasteiger partial charge in [-0.25, -0.2) is 4.39 Å². The molecule has 4 heteroatoms. The normalized spacial score (nSPS) is 10.1. The summed E-state index contributed by atoms with van der Waals surface area (Å²) in [6.45, 7) is 5.87. The molecule has 0 bridgehead atoms. The standard InChI is InChI=1S/C13H17FN2O/c1-4-5-6-16(3)13(17)10-8-12(15)11(14)7-9(10)2/h4,7-8H,1,5-6,15H2,2-3H3. The maximum absolute atomic E-state index is 13.2. The fourth-order valence-electron chi connectivity index (χ4n) is 1.51. The molecule has 17 heavy (non-hydrogen) atoms. The average molecular weight is 236 g/mol. The van der Waals surface area contributed by atoms with Crippen LogP contribution in [0.15, 0.2) is 24.8 Å². The molecular formula is C13H17FN2O. The van der Waals surface area contributed by atoms with Crippen molar-refractivity contribution in [1.82, 2.24) is 4.90 Å². The van der Waals surface area contributed by atoms with E-state index in [4.69, 9.17) is 5.73 Å². The minimum atomic E-state index is -0.493. The van der Waals surface area contributed by atoms with Gasteiger partial charge in [0, 0.05) is 19.2 Å². The number of carbonyl (C=O) groups excluding carboxylic acids is 1. The van der Waals surface area contributed by atoms with Crippen LogP contribution in [0.4, 0.5) is 10.1 Å². The van der Waals surface area contributed by atoms with E-state index in [2.05, 4.69) is 6.58 Å². The Bertz CT molecular complexity index is 443. The molecule has 1 aromatic rings. The Morgan fingerprint density at radius 2 is 2.24 bits per heavy atom. The van der Waals surface area contributed by atoms with Crippen molar-refractivity contribution in [3.8, 4) is 0 Å². The van der Waals surface area contributed by atoms with Crippen LogP contribution in [0.1, 0.15) is 22.3 Å². The first-order valence-electron chi connectivity index (χ1n) is 5.39. The van der Waals surface area contributed by atoms with E-state index in [9.17, 15) is 9.18 Å². The molecule has 2 N–H and O–H groups in total. The molecule has 0 saturated heterocycles. The van der Waals surface area contributed by atoms with Crippen LogP contribution in [0.3, 0.4) is 0 Å². The van der Waals surface area contributed by atoms with Gasteiger partial charge in [-0.05, 0) is 31.0 Å². The Labute approximate surface area is 101 Å². The third kappa shape index (κ3) is 3.06. The monoisotopic (exact) mass is 236 g/mol. The summed E-state index contributed by atoms with van der Waals surface area (Å²) in [6.07, 6.45) is 2.47. The minimum Gasteiger partial charge on any atom is -0.396 e. The number of nitrogens with two attached hydrogens (primary N) is 1. The van der Waals surface area contributed by atoms with Crippen molar-refractivity contribution in [1.29, 1.82) is 0 Å². The Balaban J connectivity index is 2.96. The van der Waals surface area contributed by atoms with Crippen LogP contribution >= 0.6 is 0 Å². The lowest BCUT2D eigenvalue weighted by molar-refractivity contribution is 0.0797. The van der Waals surface area contributed by atoms with Crippen LogP contribution in [0.5, 0.6) is 0 Å². The van der Waals surface area contributed by atoms with Crippen molar-refractivity contribution < 1.29 is 9.18 Å². The molecule has 1 rings (SSSR count). The summed E-state index contributed by atoms with van der Waals surface area (Å²) in [7, 11) is 1.70. The molecule has 0 aliphatic carbocycles. The van der Waals surface area contributed by atoms with Gasteiger partial charge in [-0.3, -0.25) is 4.79 Å². The number of hydrogen-bond acceptors (Lipinski definition) is 2. The van der Waals surface area contributed by atoms with Crippen molar-refractivity contribution in [2.24, 2.45) is 0 Å². The third-order valence-electron chi connectivity index (χ3n) is 2.59. The molecule has 0 saturated carbocycles. The molecule has 0 aromatic heterocycles. The largest absolute Gasteiger partial charge is 0.396 e. The van der Waals surface area contributed by atoms with Gasteiger partial charge in [0.2, 0.25) is 0 Å². The van der Waals surface area contributed by atoms with E-state index < -0.39 is 5.82 Å². The van der Waals surface area contributed by atoms with Gasteiger partial charge in [0.25, 0.3) is 5.91 Å². The molecule has 0 radical (unpaired) electrons. The third-order valence-corrected chi connectivity index (χ3v) is 2.59. The molecule has 0 atom stereocenters. The summed E-state index contributed by atoms with van der Waals surface area (Å²) in [5, 5.41) is 0.